The Bertz CT molecular complexity index is 453. The third-order valence-electron chi connectivity index (χ3n) is 4.09. The molecule has 1 aromatic rings. The molecule has 1 fully saturated rings. The van der Waals surface area contributed by atoms with E-state index < -0.39 is 0 Å². The molecule has 1 heterocycles. The molecule has 2 atom stereocenters. The second-order valence-electron chi connectivity index (χ2n) is 5.35. The Morgan fingerprint density at radius 2 is 2.10 bits per heavy atom. The van der Waals surface area contributed by atoms with Gasteiger partial charge in [0.15, 0.2) is 11.5 Å². The smallest absolute Gasteiger partial charge is 0.161 e. The third-order valence-corrected chi connectivity index (χ3v) is 4.09. The Kier molecular flexibility index (Phi) is 5.85. The molecule has 0 saturated carbocycles. The van der Waals surface area contributed by atoms with Crippen LogP contribution in [0.25, 0.3) is 0 Å². The molecule has 21 heavy (non-hydrogen) atoms. The average Bonchev–Trinajstić information content (AvgIpc) is 2.54. The molecule has 2 unspecified atom stereocenters. The molecule has 1 saturated heterocycles. The lowest BCUT2D eigenvalue weighted by Gasteiger charge is -2.36. The summed E-state index contributed by atoms with van der Waals surface area (Å²) in [7, 11) is 3.28. The standard InChI is InChI=1S/C16H26N2O3/c1-4-13-11-21-8-7-18(13)10-14(17)12-5-6-15(19-2)16(9-12)20-3/h5-6,9,13-14H,4,7-8,10-11,17H2,1-3H3. The molecule has 2 rings (SSSR count). The minimum atomic E-state index is -0.0445. The summed E-state index contributed by atoms with van der Waals surface area (Å²) in [5, 5.41) is 0. The fourth-order valence-corrected chi connectivity index (χ4v) is 2.75. The predicted octanol–water partition coefficient (Wildman–Crippen LogP) is 1.81. The zero-order valence-electron chi connectivity index (χ0n) is 13.2. The van der Waals surface area contributed by atoms with Crippen LogP contribution < -0.4 is 15.2 Å². The highest BCUT2D eigenvalue weighted by Crippen LogP contribution is 2.30. The van der Waals surface area contributed by atoms with E-state index >= 15 is 0 Å². The van der Waals surface area contributed by atoms with Crippen LogP contribution >= 0.6 is 0 Å². The van der Waals surface area contributed by atoms with E-state index in [1.54, 1.807) is 14.2 Å². The Hall–Kier alpha value is -1.30. The number of rotatable bonds is 6. The maximum absolute atomic E-state index is 6.38. The molecule has 1 aliphatic rings. The molecule has 0 amide bonds. The molecule has 0 spiro atoms. The second-order valence-corrected chi connectivity index (χ2v) is 5.35. The maximum Gasteiger partial charge on any atom is 0.161 e. The first-order valence-electron chi connectivity index (χ1n) is 7.48. The van der Waals surface area contributed by atoms with E-state index in [9.17, 15) is 0 Å². The number of methoxy groups -OCH3 is 2. The van der Waals surface area contributed by atoms with E-state index in [0.717, 1.165) is 49.8 Å². The molecule has 1 aromatic carbocycles. The highest BCUT2D eigenvalue weighted by Gasteiger charge is 2.23. The average molecular weight is 294 g/mol. The van der Waals surface area contributed by atoms with Gasteiger partial charge in [0.25, 0.3) is 0 Å². The van der Waals surface area contributed by atoms with Gasteiger partial charge in [0.05, 0.1) is 27.4 Å². The number of nitrogens with zero attached hydrogens (tertiary/aromatic N) is 1. The first-order valence-corrected chi connectivity index (χ1v) is 7.48. The second kappa shape index (κ2) is 7.64. The van der Waals surface area contributed by atoms with Crippen molar-refractivity contribution in [3.05, 3.63) is 23.8 Å². The van der Waals surface area contributed by atoms with Crippen molar-refractivity contribution in [2.45, 2.75) is 25.4 Å². The van der Waals surface area contributed by atoms with E-state index in [1.807, 2.05) is 18.2 Å². The van der Waals surface area contributed by atoms with E-state index in [0.29, 0.717) is 6.04 Å². The van der Waals surface area contributed by atoms with E-state index in [-0.39, 0.29) is 6.04 Å². The van der Waals surface area contributed by atoms with Gasteiger partial charge in [-0.1, -0.05) is 13.0 Å². The Balaban J connectivity index is 2.07. The van der Waals surface area contributed by atoms with Crippen molar-refractivity contribution in [3.63, 3.8) is 0 Å². The van der Waals surface area contributed by atoms with Gasteiger partial charge in [0, 0.05) is 25.2 Å². The number of hydrogen-bond acceptors (Lipinski definition) is 5. The van der Waals surface area contributed by atoms with Gasteiger partial charge in [-0.2, -0.15) is 0 Å². The fourth-order valence-electron chi connectivity index (χ4n) is 2.75. The Labute approximate surface area is 127 Å². The minimum absolute atomic E-state index is 0.0445. The zero-order chi connectivity index (χ0) is 15.2. The van der Waals surface area contributed by atoms with Crippen LogP contribution in [0.1, 0.15) is 24.9 Å². The lowest BCUT2D eigenvalue weighted by molar-refractivity contribution is -0.0110. The zero-order valence-corrected chi connectivity index (χ0v) is 13.2. The summed E-state index contributed by atoms with van der Waals surface area (Å²) >= 11 is 0. The van der Waals surface area contributed by atoms with Crippen LogP contribution in [0.2, 0.25) is 0 Å². The molecule has 5 nitrogen and oxygen atoms in total. The number of nitrogens with two attached hydrogens (primary N) is 1. The largest absolute Gasteiger partial charge is 0.493 e. The highest BCUT2D eigenvalue weighted by atomic mass is 16.5. The minimum Gasteiger partial charge on any atom is -0.493 e. The topological polar surface area (TPSA) is 57.0 Å². The van der Waals surface area contributed by atoms with Gasteiger partial charge < -0.3 is 19.9 Å². The van der Waals surface area contributed by atoms with Crippen molar-refractivity contribution < 1.29 is 14.2 Å². The summed E-state index contributed by atoms with van der Waals surface area (Å²) < 4.78 is 16.1. The van der Waals surface area contributed by atoms with Crippen LogP contribution in [0.5, 0.6) is 11.5 Å². The fraction of sp³-hybridized carbons (Fsp3) is 0.625. The number of ether oxygens (including phenoxy) is 3. The predicted molar refractivity (Wildman–Crippen MR) is 82.9 cm³/mol. The SMILES string of the molecule is CCC1COCCN1CC(N)c1ccc(OC)c(OC)c1. The van der Waals surface area contributed by atoms with E-state index in [2.05, 4.69) is 11.8 Å². The summed E-state index contributed by atoms with van der Waals surface area (Å²) in [4.78, 5) is 2.42. The molecule has 5 heteroatoms. The van der Waals surface area contributed by atoms with Crippen LogP contribution in [-0.2, 0) is 4.74 Å². The molecular formula is C16H26N2O3. The quantitative estimate of drug-likeness (QED) is 0.867. The van der Waals surface area contributed by atoms with Crippen LogP contribution in [-0.4, -0.2) is 51.5 Å². The van der Waals surface area contributed by atoms with E-state index in [1.165, 1.54) is 0 Å². The highest BCUT2D eigenvalue weighted by molar-refractivity contribution is 5.43. The monoisotopic (exact) mass is 294 g/mol. The number of benzene rings is 1. The lowest BCUT2D eigenvalue weighted by atomic mass is 10.0. The molecule has 0 aromatic heterocycles. The van der Waals surface area contributed by atoms with Gasteiger partial charge >= 0.3 is 0 Å². The molecule has 0 bridgehead atoms. The van der Waals surface area contributed by atoms with Crippen molar-refractivity contribution in [3.8, 4) is 11.5 Å². The Morgan fingerprint density at radius 3 is 2.76 bits per heavy atom. The summed E-state index contributed by atoms with van der Waals surface area (Å²) in [5.41, 5.74) is 7.44. The molecule has 118 valence electrons. The van der Waals surface area contributed by atoms with Crippen molar-refractivity contribution in [2.24, 2.45) is 5.73 Å². The van der Waals surface area contributed by atoms with Crippen LogP contribution in [0.4, 0.5) is 0 Å². The number of hydrogen-bond donors (Lipinski definition) is 1. The van der Waals surface area contributed by atoms with Crippen molar-refractivity contribution in [1.29, 1.82) is 0 Å². The van der Waals surface area contributed by atoms with E-state index in [4.69, 9.17) is 19.9 Å². The van der Waals surface area contributed by atoms with Crippen LogP contribution in [0, 0.1) is 0 Å². The molecular weight excluding hydrogens is 268 g/mol. The Morgan fingerprint density at radius 1 is 1.33 bits per heavy atom. The van der Waals surface area contributed by atoms with Gasteiger partial charge in [0.1, 0.15) is 0 Å². The number of morpholine rings is 1. The lowest BCUT2D eigenvalue weighted by Crippen LogP contribution is -2.47. The van der Waals surface area contributed by atoms with Gasteiger partial charge in [0.2, 0.25) is 0 Å². The van der Waals surface area contributed by atoms with Gasteiger partial charge in [-0.05, 0) is 24.1 Å². The normalized spacial score (nSPS) is 21.0. The van der Waals surface area contributed by atoms with Crippen molar-refractivity contribution >= 4 is 0 Å². The first kappa shape index (κ1) is 16.1. The molecule has 0 radical (unpaired) electrons. The van der Waals surface area contributed by atoms with Gasteiger partial charge in [-0.3, -0.25) is 4.90 Å². The van der Waals surface area contributed by atoms with Crippen LogP contribution in [0.15, 0.2) is 18.2 Å². The third kappa shape index (κ3) is 3.87. The van der Waals surface area contributed by atoms with Gasteiger partial charge in [-0.15, -0.1) is 0 Å². The maximum atomic E-state index is 6.38. The summed E-state index contributed by atoms with van der Waals surface area (Å²) in [6.45, 7) is 5.55. The van der Waals surface area contributed by atoms with Crippen LogP contribution in [0.3, 0.4) is 0 Å². The van der Waals surface area contributed by atoms with Crippen molar-refractivity contribution in [1.82, 2.24) is 4.90 Å². The molecule has 2 N–H and O–H groups in total. The molecule has 1 aliphatic heterocycles. The molecule has 0 aliphatic carbocycles. The van der Waals surface area contributed by atoms with Gasteiger partial charge in [-0.25, -0.2) is 0 Å². The first-order chi connectivity index (χ1) is 10.2. The summed E-state index contributed by atoms with van der Waals surface area (Å²) in [6.07, 6.45) is 1.08. The summed E-state index contributed by atoms with van der Waals surface area (Å²) in [5.74, 6) is 1.45. The van der Waals surface area contributed by atoms with Crippen molar-refractivity contribution in [2.75, 3.05) is 40.5 Å². The summed E-state index contributed by atoms with van der Waals surface area (Å²) in [6, 6.07) is 6.30.